The van der Waals surface area contributed by atoms with Crippen LogP contribution in [0.5, 0.6) is 0 Å². The quantitative estimate of drug-likeness (QED) is 0.551. The molecule has 0 amide bonds. The lowest BCUT2D eigenvalue weighted by molar-refractivity contribution is 0.0893. The van der Waals surface area contributed by atoms with Crippen molar-refractivity contribution in [1.29, 1.82) is 0 Å². The van der Waals surface area contributed by atoms with Gasteiger partial charge in [0.25, 0.3) is 10.1 Å². The highest BCUT2D eigenvalue weighted by Gasteiger charge is 2.34. The van der Waals surface area contributed by atoms with Crippen molar-refractivity contribution in [3.63, 3.8) is 0 Å². The van der Waals surface area contributed by atoms with E-state index in [9.17, 15) is 8.42 Å². The van der Waals surface area contributed by atoms with E-state index in [1.54, 1.807) is 0 Å². The van der Waals surface area contributed by atoms with Gasteiger partial charge in [-0.3, -0.25) is 9.08 Å². The monoisotopic (exact) mass is 393 g/mol. The van der Waals surface area contributed by atoms with Gasteiger partial charge in [0.05, 0.1) is 18.2 Å². The van der Waals surface area contributed by atoms with Crippen LogP contribution in [-0.2, 0) is 14.3 Å². The van der Waals surface area contributed by atoms with Crippen LogP contribution in [0.3, 0.4) is 0 Å². The molecule has 8 heteroatoms. The van der Waals surface area contributed by atoms with Crippen LogP contribution in [0.2, 0.25) is 0 Å². The van der Waals surface area contributed by atoms with Gasteiger partial charge >= 0.3 is 0 Å². The number of piperazine rings is 1. The van der Waals surface area contributed by atoms with E-state index in [4.69, 9.17) is 8.71 Å². The number of hydrogen-bond acceptors (Lipinski definition) is 7. The van der Waals surface area contributed by atoms with E-state index in [1.165, 1.54) is 12.8 Å². The highest BCUT2D eigenvalue weighted by molar-refractivity contribution is 7.85. The van der Waals surface area contributed by atoms with Crippen LogP contribution in [0.4, 0.5) is 5.82 Å². The molecule has 7 nitrogen and oxygen atoms in total. The zero-order valence-electron chi connectivity index (χ0n) is 15.7. The Balaban J connectivity index is 1.30. The van der Waals surface area contributed by atoms with Crippen molar-refractivity contribution in [3.05, 3.63) is 24.3 Å². The lowest BCUT2D eigenvalue weighted by atomic mass is 9.88. The summed E-state index contributed by atoms with van der Waals surface area (Å²) in [4.78, 5) is 4.94. The second-order valence-corrected chi connectivity index (χ2v) is 9.35. The molecule has 0 aliphatic carbocycles. The van der Waals surface area contributed by atoms with Crippen LogP contribution in [0, 0.1) is 5.92 Å². The molecule has 0 radical (unpaired) electrons. The van der Waals surface area contributed by atoms with Crippen molar-refractivity contribution < 1.29 is 17.1 Å². The van der Waals surface area contributed by atoms with Crippen LogP contribution in [-0.4, -0.2) is 63.6 Å². The van der Waals surface area contributed by atoms with E-state index in [1.807, 2.05) is 18.2 Å². The number of benzene rings is 1. The summed E-state index contributed by atoms with van der Waals surface area (Å²) in [6, 6.07) is 8.58. The molecular weight excluding hydrogens is 366 g/mol. The summed E-state index contributed by atoms with van der Waals surface area (Å²) in [6.07, 6.45) is 5.29. The highest BCUT2D eigenvalue weighted by atomic mass is 32.2. The summed E-state index contributed by atoms with van der Waals surface area (Å²) in [5.41, 5.74) is 0.843. The van der Waals surface area contributed by atoms with Crippen molar-refractivity contribution in [2.75, 3.05) is 43.9 Å². The standard InChI is InChI=1S/C19H27N3O4S/c1-27(23,24)25-12-4-5-15-8-9-16-14-22(11-10-21(16)13-15)19-17-6-2-3-7-18(17)26-20-19/h2-3,6-7,15-16H,4-5,8-14H2,1H3. The molecule has 1 aromatic heterocycles. The van der Waals surface area contributed by atoms with Gasteiger partial charge in [-0.05, 0) is 43.7 Å². The SMILES string of the molecule is CS(=O)(=O)OCCCC1CCC2CN(c3noc4ccccc34)CCN2C1. The number of hydrogen-bond donors (Lipinski definition) is 0. The fourth-order valence-corrected chi connectivity index (χ4v) is 4.79. The summed E-state index contributed by atoms with van der Waals surface area (Å²) >= 11 is 0. The van der Waals surface area contributed by atoms with Crippen LogP contribution < -0.4 is 4.90 Å². The van der Waals surface area contributed by atoms with Crippen molar-refractivity contribution in [3.8, 4) is 0 Å². The highest BCUT2D eigenvalue weighted by Crippen LogP contribution is 2.32. The van der Waals surface area contributed by atoms with E-state index in [2.05, 4.69) is 21.0 Å². The third-order valence-corrected chi connectivity index (χ3v) is 6.31. The van der Waals surface area contributed by atoms with Gasteiger partial charge in [0, 0.05) is 32.2 Å². The third kappa shape index (κ3) is 4.44. The van der Waals surface area contributed by atoms with Crippen molar-refractivity contribution in [2.24, 2.45) is 5.92 Å². The zero-order chi connectivity index (χ0) is 18.9. The third-order valence-electron chi connectivity index (χ3n) is 5.72. The summed E-state index contributed by atoms with van der Waals surface area (Å²) in [7, 11) is -3.32. The fraction of sp³-hybridized carbons (Fsp3) is 0.632. The van der Waals surface area contributed by atoms with E-state index in [0.717, 1.165) is 62.1 Å². The zero-order valence-corrected chi connectivity index (χ0v) is 16.5. The second-order valence-electron chi connectivity index (χ2n) is 7.71. The molecule has 2 aliphatic heterocycles. The fourth-order valence-electron chi connectivity index (χ4n) is 4.37. The van der Waals surface area contributed by atoms with Gasteiger partial charge in [0.1, 0.15) is 0 Å². The molecular formula is C19H27N3O4S. The molecule has 2 unspecified atom stereocenters. The minimum absolute atomic E-state index is 0.297. The number of para-hydroxylation sites is 1. The Labute approximate surface area is 160 Å². The predicted molar refractivity (Wildman–Crippen MR) is 104 cm³/mol. The molecule has 0 bridgehead atoms. The molecule has 27 heavy (non-hydrogen) atoms. The smallest absolute Gasteiger partial charge is 0.264 e. The lowest BCUT2D eigenvalue weighted by Crippen LogP contribution is -2.56. The van der Waals surface area contributed by atoms with Gasteiger partial charge in [-0.15, -0.1) is 0 Å². The van der Waals surface area contributed by atoms with Crippen molar-refractivity contribution in [2.45, 2.75) is 31.7 Å². The molecule has 0 N–H and O–H groups in total. The Bertz CT molecular complexity index is 882. The average molecular weight is 394 g/mol. The van der Waals surface area contributed by atoms with E-state index < -0.39 is 10.1 Å². The Hall–Kier alpha value is -1.64. The number of aromatic nitrogens is 1. The lowest BCUT2D eigenvalue weighted by Gasteiger charge is -2.46. The van der Waals surface area contributed by atoms with E-state index in [-0.39, 0.29) is 0 Å². The summed E-state index contributed by atoms with van der Waals surface area (Å²) in [6.45, 7) is 4.36. The molecule has 2 atom stereocenters. The molecule has 2 fully saturated rings. The second kappa shape index (κ2) is 7.77. The predicted octanol–water partition coefficient (Wildman–Crippen LogP) is 2.48. The van der Waals surface area contributed by atoms with Gasteiger partial charge in [-0.2, -0.15) is 8.42 Å². The number of anilines is 1. The first kappa shape index (κ1) is 18.7. The summed E-state index contributed by atoms with van der Waals surface area (Å²) in [5.74, 6) is 1.59. The first-order chi connectivity index (χ1) is 13.0. The molecule has 2 aromatic rings. The van der Waals surface area contributed by atoms with Crippen LogP contribution >= 0.6 is 0 Å². The summed E-state index contributed by atoms with van der Waals surface area (Å²) in [5, 5.41) is 5.40. The molecule has 4 rings (SSSR count). The molecule has 2 saturated heterocycles. The first-order valence-corrected chi connectivity index (χ1v) is 11.5. The van der Waals surface area contributed by atoms with Gasteiger partial charge in [0.2, 0.25) is 0 Å². The number of rotatable bonds is 6. The van der Waals surface area contributed by atoms with Crippen LogP contribution in [0.1, 0.15) is 25.7 Å². The Kier molecular flexibility index (Phi) is 5.39. The minimum atomic E-state index is -3.32. The molecule has 1 aromatic carbocycles. The number of piperidine rings is 1. The normalized spacial score (nSPS) is 24.3. The summed E-state index contributed by atoms with van der Waals surface area (Å²) < 4.78 is 32.4. The van der Waals surface area contributed by atoms with Gasteiger partial charge in [0.15, 0.2) is 11.4 Å². The molecule has 3 heterocycles. The molecule has 2 aliphatic rings. The van der Waals surface area contributed by atoms with Gasteiger partial charge in [-0.25, -0.2) is 0 Å². The first-order valence-electron chi connectivity index (χ1n) is 9.67. The maximum absolute atomic E-state index is 11.0. The van der Waals surface area contributed by atoms with E-state index in [0.29, 0.717) is 18.6 Å². The molecule has 0 saturated carbocycles. The Morgan fingerprint density at radius 1 is 1.22 bits per heavy atom. The van der Waals surface area contributed by atoms with Crippen molar-refractivity contribution in [1.82, 2.24) is 10.1 Å². The van der Waals surface area contributed by atoms with Crippen LogP contribution in [0.25, 0.3) is 11.0 Å². The molecule has 0 spiro atoms. The maximum atomic E-state index is 11.0. The van der Waals surface area contributed by atoms with Crippen LogP contribution in [0.15, 0.2) is 28.8 Å². The average Bonchev–Trinajstić information content (AvgIpc) is 3.08. The van der Waals surface area contributed by atoms with Gasteiger partial charge < -0.3 is 9.42 Å². The number of nitrogens with zero attached hydrogens (tertiary/aromatic N) is 3. The maximum Gasteiger partial charge on any atom is 0.264 e. The van der Waals surface area contributed by atoms with Crippen molar-refractivity contribution >= 4 is 26.9 Å². The number of fused-ring (bicyclic) bond motifs is 2. The topological polar surface area (TPSA) is 75.9 Å². The van der Waals surface area contributed by atoms with Gasteiger partial charge in [-0.1, -0.05) is 17.3 Å². The molecule has 148 valence electrons. The largest absolute Gasteiger partial charge is 0.354 e. The Morgan fingerprint density at radius 2 is 2.07 bits per heavy atom. The Morgan fingerprint density at radius 3 is 2.93 bits per heavy atom. The minimum Gasteiger partial charge on any atom is -0.354 e. The van der Waals surface area contributed by atoms with E-state index >= 15 is 0 Å².